The second kappa shape index (κ2) is 8.60. The van der Waals surface area contributed by atoms with Gasteiger partial charge in [-0.2, -0.15) is 0 Å². The molecule has 0 heterocycles. The maximum Gasteiger partial charge on any atom is 0.185 e. The normalized spacial score (nSPS) is 12.7. The van der Waals surface area contributed by atoms with E-state index in [-0.39, 0.29) is 16.9 Å². The molecular weight excluding hydrogens is 425 g/mol. The van der Waals surface area contributed by atoms with Crippen LogP contribution in [0.25, 0.3) is 0 Å². The molecule has 0 fully saturated rings. The minimum absolute atomic E-state index is 0.00154. The second-order valence-electron chi connectivity index (χ2n) is 6.32. The van der Waals surface area contributed by atoms with Crippen LogP contribution in [0.5, 0.6) is 0 Å². The highest BCUT2D eigenvalue weighted by Crippen LogP contribution is 2.35. The van der Waals surface area contributed by atoms with Crippen molar-refractivity contribution in [2.75, 3.05) is 0 Å². The molecule has 146 valence electrons. The molecule has 0 aliphatic carbocycles. The molecule has 0 amide bonds. The maximum absolute atomic E-state index is 14.4. The Labute approximate surface area is 172 Å². The highest BCUT2D eigenvalue weighted by atomic mass is 35.5. The molecule has 2 nitrogen and oxygen atoms in total. The van der Waals surface area contributed by atoms with Gasteiger partial charge in [0.05, 0.1) is 10.1 Å². The molecule has 0 spiro atoms. The number of hydrogen-bond acceptors (Lipinski definition) is 2. The molecule has 0 radical (unpaired) electrons. The molecule has 1 atom stereocenters. The smallest absolute Gasteiger partial charge is 0.185 e. The molecule has 0 aliphatic heterocycles. The van der Waals surface area contributed by atoms with Crippen LogP contribution in [-0.4, -0.2) is 8.42 Å². The quantitative estimate of drug-likeness (QED) is 0.443. The second-order valence-corrected chi connectivity index (χ2v) is 9.32. The first-order chi connectivity index (χ1) is 13.3. The summed E-state index contributed by atoms with van der Waals surface area (Å²) in [5, 5.41) is -0.307. The summed E-state index contributed by atoms with van der Waals surface area (Å²) in [6.07, 6.45) is 0.428. The molecule has 0 saturated carbocycles. The lowest BCUT2D eigenvalue weighted by Crippen LogP contribution is -2.16. The molecule has 3 aromatic carbocycles. The third-order valence-corrected chi connectivity index (χ3v) is 7.10. The van der Waals surface area contributed by atoms with Crippen molar-refractivity contribution in [2.24, 2.45) is 0 Å². The van der Waals surface area contributed by atoms with E-state index in [0.29, 0.717) is 16.5 Å². The average molecular weight is 441 g/mol. The monoisotopic (exact) mass is 440 g/mol. The van der Waals surface area contributed by atoms with Gasteiger partial charge in [0.15, 0.2) is 9.84 Å². The van der Waals surface area contributed by atoms with Gasteiger partial charge >= 0.3 is 0 Å². The Hall–Kier alpha value is -1.95. The first-order valence-electron chi connectivity index (χ1n) is 8.46. The van der Waals surface area contributed by atoms with Gasteiger partial charge in [-0.15, -0.1) is 0 Å². The van der Waals surface area contributed by atoms with Gasteiger partial charge in [0, 0.05) is 15.6 Å². The summed E-state index contributed by atoms with van der Waals surface area (Å²) in [4.78, 5) is 0.00154. The maximum atomic E-state index is 14.4. The van der Waals surface area contributed by atoms with Gasteiger partial charge in [-0.05, 0) is 73.0 Å². The molecule has 28 heavy (non-hydrogen) atoms. The minimum atomic E-state index is -3.98. The van der Waals surface area contributed by atoms with Gasteiger partial charge in [-0.1, -0.05) is 35.3 Å². The van der Waals surface area contributed by atoms with E-state index in [1.807, 2.05) is 0 Å². The van der Waals surface area contributed by atoms with Crippen molar-refractivity contribution in [3.63, 3.8) is 0 Å². The number of aryl methyl sites for hydroxylation is 1. The number of hydrogen-bond donors (Lipinski definition) is 0. The summed E-state index contributed by atoms with van der Waals surface area (Å²) in [5.41, 5.74) is 0.654. The van der Waals surface area contributed by atoms with Crippen LogP contribution in [-0.2, 0) is 16.3 Å². The van der Waals surface area contributed by atoms with E-state index in [1.54, 1.807) is 24.3 Å². The Balaban J connectivity index is 2.01. The average Bonchev–Trinajstić information content (AvgIpc) is 2.66. The number of sulfone groups is 1. The highest BCUT2D eigenvalue weighted by molar-refractivity contribution is 7.91. The predicted molar refractivity (Wildman–Crippen MR) is 108 cm³/mol. The van der Waals surface area contributed by atoms with Gasteiger partial charge in [0.2, 0.25) is 0 Å². The van der Waals surface area contributed by atoms with Gasteiger partial charge in [-0.3, -0.25) is 0 Å². The van der Waals surface area contributed by atoms with Crippen molar-refractivity contribution in [1.29, 1.82) is 0 Å². The summed E-state index contributed by atoms with van der Waals surface area (Å²) in [5.74, 6) is -1.46. The van der Waals surface area contributed by atoms with Crippen LogP contribution < -0.4 is 0 Å². The Bertz CT molecular complexity index is 1070. The van der Waals surface area contributed by atoms with Gasteiger partial charge in [0.25, 0.3) is 0 Å². The fourth-order valence-electron chi connectivity index (χ4n) is 2.98. The lowest BCUT2D eigenvalue weighted by Gasteiger charge is -2.19. The zero-order chi connectivity index (χ0) is 20.3. The number of rotatable bonds is 6. The van der Waals surface area contributed by atoms with E-state index in [2.05, 4.69) is 0 Å². The molecule has 0 bridgehead atoms. The van der Waals surface area contributed by atoms with Crippen LogP contribution in [0.4, 0.5) is 8.78 Å². The first kappa shape index (κ1) is 20.8. The molecule has 0 N–H and O–H groups in total. The largest absolute Gasteiger partial charge is 0.223 e. The standard InChI is InChI=1S/C21H16Cl2F2O2S/c22-15-4-1-14(2-5-15)3-12-21(19-13-17(24)8-11-20(19)25)28(26,27)18-9-6-16(23)7-10-18/h1-2,4-11,13,21H,3,12H2. The van der Waals surface area contributed by atoms with Crippen LogP contribution in [0.15, 0.2) is 71.6 Å². The van der Waals surface area contributed by atoms with Gasteiger partial charge in [-0.25, -0.2) is 17.2 Å². The van der Waals surface area contributed by atoms with Crippen molar-refractivity contribution in [3.05, 3.63) is 99.5 Å². The van der Waals surface area contributed by atoms with E-state index in [0.717, 1.165) is 23.8 Å². The van der Waals surface area contributed by atoms with Crippen LogP contribution in [0.1, 0.15) is 22.8 Å². The van der Waals surface area contributed by atoms with Gasteiger partial charge < -0.3 is 0 Å². The highest BCUT2D eigenvalue weighted by Gasteiger charge is 2.31. The first-order valence-corrected chi connectivity index (χ1v) is 10.8. The Morgan fingerprint density at radius 2 is 1.39 bits per heavy atom. The van der Waals surface area contributed by atoms with Gasteiger partial charge in [0.1, 0.15) is 11.6 Å². The van der Waals surface area contributed by atoms with Crippen molar-refractivity contribution >= 4 is 33.0 Å². The molecule has 3 aromatic rings. The summed E-state index contributed by atoms with van der Waals surface area (Å²) < 4.78 is 54.7. The third-order valence-electron chi connectivity index (χ3n) is 4.43. The SMILES string of the molecule is O=S(=O)(c1ccc(Cl)cc1)C(CCc1ccc(Cl)cc1)c1cc(F)ccc1F. The molecule has 0 aliphatic rings. The molecule has 1 unspecified atom stereocenters. The summed E-state index contributed by atoms with van der Waals surface area (Å²) in [7, 11) is -3.98. The van der Waals surface area contributed by atoms with E-state index in [9.17, 15) is 17.2 Å². The zero-order valence-electron chi connectivity index (χ0n) is 14.6. The predicted octanol–water partition coefficient (Wildman–Crippen LogP) is 6.42. The Morgan fingerprint density at radius 1 is 0.821 bits per heavy atom. The van der Waals surface area contributed by atoms with Crippen LogP contribution in [0.2, 0.25) is 10.0 Å². The van der Waals surface area contributed by atoms with Crippen LogP contribution in [0, 0.1) is 11.6 Å². The molecule has 3 rings (SSSR count). The van der Waals surface area contributed by atoms with Crippen molar-refractivity contribution in [3.8, 4) is 0 Å². The molecular formula is C21H16Cl2F2O2S. The summed E-state index contributed by atoms with van der Waals surface area (Å²) >= 11 is 11.7. The lowest BCUT2D eigenvalue weighted by atomic mass is 10.0. The number of benzene rings is 3. The topological polar surface area (TPSA) is 34.1 Å². The Morgan fingerprint density at radius 3 is 2.00 bits per heavy atom. The molecule has 7 heteroatoms. The van der Waals surface area contributed by atoms with E-state index < -0.39 is 26.7 Å². The summed E-state index contributed by atoms with van der Waals surface area (Å²) in [6, 6.07) is 15.4. The fraction of sp³-hybridized carbons (Fsp3) is 0.143. The fourth-order valence-corrected chi connectivity index (χ4v) is 5.02. The van der Waals surface area contributed by atoms with Crippen LogP contribution in [0.3, 0.4) is 0 Å². The zero-order valence-corrected chi connectivity index (χ0v) is 16.9. The number of halogens is 4. The van der Waals surface area contributed by atoms with Crippen molar-refractivity contribution < 1.29 is 17.2 Å². The minimum Gasteiger partial charge on any atom is -0.223 e. The lowest BCUT2D eigenvalue weighted by molar-refractivity contribution is 0.551. The van der Waals surface area contributed by atoms with E-state index in [4.69, 9.17) is 23.2 Å². The summed E-state index contributed by atoms with van der Waals surface area (Å²) in [6.45, 7) is 0. The van der Waals surface area contributed by atoms with E-state index >= 15 is 0 Å². The third kappa shape index (κ3) is 4.72. The van der Waals surface area contributed by atoms with E-state index in [1.165, 1.54) is 24.3 Å². The molecule has 0 aromatic heterocycles. The van der Waals surface area contributed by atoms with Crippen LogP contribution >= 0.6 is 23.2 Å². The van der Waals surface area contributed by atoms with Crippen molar-refractivity contribution in [1.82, 2.24) is 0 Å². The van der Waals surface area contributed by atoms with Crippen molar-refractivity contribution in [2.45, 2.75) is 23.0 Å². The molecule has 0 saturated heterocycles. The Kier molecular flexibility index (Phi) is 6.38.